The van der Waals surface area contributed by atoms with Crippen LogP contribution in [-0.4, -0.2) is 12.6 Å². The number of benzene rings is 3. The molecular weight excluding hydrogens is 298 g/mol. The maximum atomic E-state index is 11.6. The van der Waals surface area contributed by atoms with Gasteiger partial charge >= 0.3 is 5.97 Å². The number of esters is 1. The van der Waals surface area contributed by atoms with Gasteiger partial charge in [0, 0.05) is 6.04 Å². The lowest BCUT2D eigenvalue weighted by molar-refractivity contribution is -0.143. The lowest BCUT2D eigenvalue weighted by Crippen LogP contribution is -2.17. The highest BCUT2D eigenvalue weighted by atomic mass is 16.5. The average Bonchev–Trinajstić information content (AvgIpc) is 2.61. The van der Waals surface area contributed by atoms with Gasteiger partial charge in [-0.3, -0.25) is 4.79 Å². The van der Waals surface area contributed by atoms with Crippen LogP contribution in [0.25, 0.3) is 21.9 Å². The molecule has 0 aliphatic carbocycles. The molecule has 0 aliphatic heterocycles. The number of fused-ring (bicyclic) bond motifs is 1. The standard InChI is InChI=1S/C21H21NO2/c1-2-24-21(23)14-20(22)17-12-10-16(11-13-17)19-9-5-7-15-6-3-4-8-18(15)19/h3-13,20H,2,14,22H2,1H3. The first kappa shape index (κ1) is 16.2. The van der Waals surface area contributed by atoms with Crippen molar-refractivity contribution in [3.8, 4) is 11.1 Å². The molecule has 1 atom stereocenters. The molecule has 0 spiro atoms. The number of hydrogen-bond acceptors (Lipinski definition) is 3. The molecule has 3 heteroatoms. The molecule has 0 aliphatic rings. The minimum absolute atomic E-state index is 0.196. The second-order valence-electron chi connectivity index (χ2n) is 5.76. The Bertz CT molecular complexity index is 835. The molecule has 122 valence electrons. The fourth-order valence-corrected chi connectivity index (χ4v) is 2.90. The van der Waals surface area contributed by atoms with E-state index < -0.39 is 0 Å². The van der Waals surface area contributed by atoms with Gasteiger partial charge < -0.3 is 10.5 Å². The van der Waals surface area contributed by atoms with Gasteiger partial charge in [-0.1, -0.05) is 66.7 Å². The maximum Gasteiger partial charge on any atom is 0.307 e. The highest BCUT2D eigenvalue weighted by Gasteiger charge is 2.13. The van der Waals surface area contributed by atoms with Crippen LogP contribution in [0.1, 0.15) is 24.9 Å². The summed E-state index contributed by atoms with van der Waals surface area (Å²) in [5.41, 5.74) is 9.37. The van der Waals surface area contributed by atoms with E-state index in [9.17, 15) is 4.79 Å². The van der Waals surface area contributed by atoms with E-state index in [1.807, 2.05) is 18.2 Å². The molecule has 0 saturated heterocycles. The van der Waals surface area contributed by atoms with Crippen LogP contribution in [0, 0.1) is 0 Å². The number of carbonyl (C=O) groups excluding carboxylic acids is 1. The van der Waals surface area contributed by atoms with E-state index in [1.165, 1.54) is 16.3 Å². The highest BCUT2D eigenvalue weighted by molar-refractivity contribution is 5.96. The normalized spacial score (nSPS) is 12.1. The molecule has 0 aromatic heterocycles. The van der Waals surface area contributed by atoms with Gasteiger partial charge in [-0.25, -0.2) is 0 Å². The van der Waals surface area contributed by atoms with Crippen LogP contribution >= 0.6 is 0 Å². The first-order valence-electron chi connectivity index (χ1n) is 8.18. The van der Waals surface area contributed by atoms with E-state index in [0.717, 1.165) is 11.1 Å². The van der Waals surface area contributed by atoms with Crippen LogP contribution in [0.4, 0.5) is 0 Å². The Kier molecular flexibility index (Phi) is 4.92. The summed E-state index contributed by atoms with van der Waals surface area (Å²) < 4.78 is 4.96. The summed E-state index contributed by atoms with van der Waals surface area (Å²) in [5, 5.41) is 2.45. The Morgan fingerprint density at radius 3 is 2.46 bits per heavy atom. The third kappa shape index (κ3) is 3.47. The molecule has 2 N–H and O–H groups in total. The predicted octanol–water partition coefficient (Wildman–Crippen LogP) is 4.46. The molecule has 0 fully saturated rings. The van der Waals surface area contributed by atoms with Gasteiger partial charge in [-0.15, -0.1) is 0 Å². The molecule has 0 amide bonds. The Morgan fingerprint density at radius 2 is 1.71 bits per heavy atom. The number of hydrogen-bond donors (Lipinski definition) is 1. The molecule has 0 heterocycles. The van der Waals surface area contributed by atoms with Crippen molar-refractivity contribution < 1.29 is 9.53 Å². The minimum atomic E-state index is -0.342. The smallest absolute Gasteiger partial charge is 0.307 e. The van der Waals surface area contributed by atoms with Gasteiger partial charge in [0.25, 0.3) is 0 Å². The summed E-state index contributed by atoms with van der Waals surface area (Å²) in [6.07, 6.45) is 0.196. The fraction of sp³-hybridized carbons (Fsp3) is 0.190. The van der Waals surface area contributed by atoms with Crippen molar-refractivity contribution in [1.82, 2.24) is 0 Å². The highest BCUT2D eigenvalue weighted by Crippen LogP contribution is 2.29. The van der Waals surface area contributed by atoms with Gasteiger partial charge in [0.15, 0.2) is 0 Å². The number of nitrogens with two attached hydrogens (primary N) is 1. The Labute approximate surface area is 142 Å². The summed E-state index contributed by atoms with van der Waals surface area (Å²) in [6, 6.07) is 22.4. The van der Waals surface area contributed by atoms with Crippen molar-refractivity contribution >= 4 is 16.7 Å². The van der Waals surface area contributed by atoms with Gasteiger partial charge in [0.1, 0.15) is 0 Å². The molecule has 3 aromatic rings. The lowest BCUT2D eigenvalue weighted by atomic mass is 9.96. The molecule has 3 nitrogen and oxygen atoms in total. The maximum absolute atomic E-state index is 11.6. The van der Waals surface area contributed by atoms with Gasteiger partial charge in [0.05, 0.1) is 13.0 Å². The third-order valence-corrected chi connectivity index (χ3v) is 4.13. The summed E-state index contributed by atoms with van der Waals surface area (Å²) in [7, 11) is 0. The van der Waals surface area contributed by atoms with E-state index >= 15 is 0 Å². The van der Waals surface area contributed by atoms with Gasteiger partial charge in [-0.2, -0.15) is 0 Å². The Hall–Kier alpha value is -2.65. The Balaban J connectivity index is 1.85. The third-order valence-electron chi connectivity index (χ3n) is 4.13. The first-order chi connectivity index (χ1) is 11.7. The monoisotopic (exact) mass is 319 g/mol. The van der Waals surface area contributed by atoms with Crippen molar-refractivity contribution in [3.05, 3.63) is 72.3 Å². The van der Waals surface area contributed by atoms with Crippen LogP contribution in [0.2, 0.25) is 0 Å². The Morgan fingerprint density at radius 1 is 1.00 bits per heavy atom. The van der Waals surface area contributed by atoms with E-state index in [1.54, 1.807) is 6.92 Å². The van der Waals surface area contributed by atoms with Crippen molar-refractivity contribution in [2.24, 2.45) is 5.73 Å². The summed E-state index contributed by atoms with van der Waals surface area (Å²) >= 11 is 0. The van der Waals surface area contributed by atoms with Gasteiger partial charge in [-0.05, 0) is 34.4 Å². The zero-order valence-corrected chi connectivity index (χ0v) is 13.7. The molecule has 0 radical (unpaired) electrons. The fourth-order valence-electron chi connectivity index (χ4n) is 2.90. The number of ether oxygens (including phenoxy) is 1. The van der Waals surface area contributed by atoms with Crippen LogP contribution in [0.5, 0.6) is 0 Å². The topological polar surface area (TPSA) is 52.3 Å². The predicted molar refractivity (Wildman–Crippen MR) is 97.6 cm³/mol. The van der Waals surface area contributed by atoms with Crippen LogP contribution < -0.4 is 5.73 Å². The molecule has 0 bridgehead atoms. The molecule has 3 aromatic carbocycles. The zero-order valence-electron chi connectivity index (χ0n) is 13.7. The average molecular weight is 319 g/mol. The van der Waals surface area contributed by atoms with E-state index in [-0.39, 0.29) is 18.4 Å². The van der Waals surface area contributed by atoms with Crippen LogP contribution in [0.15, 0.2) is 66.7 Å². The van der Waals surface area contributed by atoms with Crippen molar-refractivity contribution in [2.45, 2.75) is 19.4 Å². The number of carbonyl (C=O) groups is 1. The van der Waals surface area contributed by atoms with Crippen molar-refractivity contribution in [2.75, 3.05) is 6.61 Å². The summed E-state index contributed by atoms with van der Waals surface area (Å²) in [6.45, 7) is 2.17. The van der Waals surface area contributed by atoms with E-state index in [2.05, 4.69) is 48.5 Å². The molecule has 24 heavy (non-hydrogen) atoms. The lowest BCUT2D eigenvalue weighted by Gasteiger charge is -2.13. The van der Waals surface area contributed by atoms with Crippen LogP contribution in [0.3, 0.4) is 0 Å². The SMILES string of the molecule is CCOC(=O)CC(N)c1ccc(-c2cccc3ccccc23)cc1. The van der Waals surface area contributed by atoms with Crippen molar-refractivity contribution in [3.63, 3.8) is 0 Å². The van der Waals surface area contributed by atoms with Crippen LogP contribution in [-0.2, 0) is 9.53 Å². The van der Waals surface area contributed by atoms with E-state index in [0.29, 0.717) is 6.61 Å². The summed E-state index contributed by atoms with van der Waals surface area (Å²) in [4.78, 5) is 11.6. The summed E-state index contributed by atoms with van der Waals surface area (Å²) in [5.74, 6) is -0.261. The molecule has 1 unspecified atom stereocenters. The minimum Gasteiger partial charge on any atom is -0.466 e. The van der Waals surface area contributed by atoms with Gasteiger partial charge in [0.2, 0.25) is 0 Å². The quantitative estimate of drug-likeness (QED) is 0.706. The molecule has 3 rings (SSSR count). The number of rotatable bonds is 5. The first-order valence-corrected chi connectivity index (χ1v) is 8.18. The largest absolute Gasteiger partial charge is 0.466 e. The zero-order chi connectivity index (χ0) is 16.9. The second-order valence-corrected chi connectivity index (χ2v) is 5.76. The van der Waals surface area contributed by atoms with Crippen molar-refractivity contribution in [1.29, 1.82) is 0 Å². The molecular formula is C21H21NO2. The second kappa shape index (κ2) is 7.28. The van der Waals surface area contributed by atoms with E-state index in [4.69, 9.17) is 10.5 Å². The molecule has 0 saturated carbocycles.